The minimum Gasteiger partial charge on any atom is -0.513 e. The molecular formula is C12H11NO. The summed E-state index contributed by atoms with van der Waals surface area (Å²) in [6.07, 6.45) is 1.65. The second kappa shape index (κ2) is 3.50. The lowest BCUT2D eigenvalue weighted by molar-refractivity contribution is 0.419. The van der Waals surface area contributed by atoms with Crippen LogP contribution in [0.15, 0.2) is 42.2 Å². The minimum absolute atomic E-state index is 0.271. The third kappa shape index (κ3) is 1.74. The summed E-state index contributed by atoms with van der Waals surface area (Å²) >= 11 is 0. The Bertz CT molecular complexity index is 484. The van der Waals surface area contributed by atoms with Gasteiger partial charge in [-0.25, -0.2) is 4.98 Å². The van der Waals surface area contributed by atoms with Crippen molar-refractivity contribution < 1.29 is 5.11 Å². The molecule has 0 spiro atoms. The Hall–Kier alpha value is -1.83. The van der Waals surface area contributed by atoms with Gasteiger partial charge in [-0.15, -0.1) is 0 Å². The first kappa shape index (κ1) is 8.75. The largest absolute Gasteiger partial charge is 0.513 e. The molecule has 70 valence electrons. The zero-order chi connectivity index (χ0) is 9.97. The highest BCUT2D eigenvalue weighted by Crippen LogP contribution is 2.12. The summed E-state index contributed by atoms with van der Waals surface area (Å²) in [5, 5.41) is 10.2. The predicted octanol–water partition coefficient (Wildman–Crippen LogP) is 3.15. The maximum atomic E-state index is 9.10. The second-order valence-electron chi connectivity index (χ2n) is 3.21. The molecule has 0 aliphatic carbocycles. The fourth-order valence-electron chi connectivity index (χ4n) is 1.38. The van der Waals surface area contributed by atoms with Gasteiger partial charge in [0, 0.05) is 11.5 Å². The van der Waals surface area contributed by atoms with Crippen LogP contribution in [0.5, 0.6) is 0 Å². The number of aliphatic hydroxyl groups is 1. The molecule has 2 rings (SSSR count). The van der Waals surface area contributed by atoms with Crippen molar-refractivity contribution >= 4 is 17.0 Å². The van der Waals surface area contributed by atoms with Crippen LogP contribution in [-0.2, 0) is 0 Å². The molecule has 0 unspecified atom stereocenters. The smallest absolute Gasteiger partial charge is 0.0913 e. The molecule has 0 saturated heterocycles. The molecule has 1 aromatic carbocycles. The number of fused-ring (bicyclic) bond motifs is 1. The third-order valence-corrected chi connectivity index (χ3v) is 1.98. The van der Waals surface area contributed by atoms with Gasteiger partial charge in [0.25, 0.3) is 0 Å². The second-order valence-corrected chi connectivity index (χ2v) is 3.21. The lowest BCUT2D eigenvalue weighted by atomic mass is 10.2. The first-order chi connectivity index (χ1) is 6.75. The van der Waals surface area contributed by atoms with Crippen LogP contribution in [0.25, 0.3) is 17.0 Å². The van der Waals surface area contributed by atoms with Crippen molar-refractivity contribution in [2.45, 2.75) is 6.92 Å². The Labute approximate surface area is 82.5 Å². The van der Waals surface area contributed by atoms with Gasteiger partial charge in [-0.3, -0.25) is 0 Å². The predicted molar refractivity (Wildman–Crippen MR) is 58.0 cm³/mol. The Morgan fingerprint density at radius 2 is 2.00 bits per heavy atom. The average Bonchev–Trinajstić information content (AvgIpc) is 2.17. The van der Waals surface area contributed by atoms with Gasteiger partial charge in [-0.05, 0) is 19.1 Å². The Morgan fingerprint density at radius 3 is 2.79 bits per heavy atom. The van der Waals surface area contributed by atoms with Gasteiger partial charge in [0.05, 0.1) is 17.0 Å². The van der Waals surface area contributed by atoms with E-state index in [1.54, 1.807) is 13.0 Å². The monoisotopic (exact) mass is 185 g/mol. The zero-order valence-corrected chi connectivity index (χ0v) is 7.94. The van der Waals surface area contributed by atoms with Crippen molar-refractivity contribution in [3.05, 3.63) is 47.9 Å². The molecule has 1 aromatic heterocycles. The van der Waals surface area contributed by atoms with Crippen LogP contribution in [0.2, 0.25) is 0 Å². The van der Waals surface area contributed by atoms with E-state index in [0.29, 0.717) is 0 Å². The maximum Gasteiger partial charge on any atom is 0.0913 e. The standard InChI is InChI=1S/C12H11NO/c1-9(14)8-11-7-6-10-4-2-3-5-12(10)13-11/h2-8,14H,1H3/b9-8+. The number of nitrogens with zero attached hydrogens (tertiary/aromatic N) is 1. The minimum atomic E-state index is 0.271. The van der Waals surface area contributed by atoms with E-state index in [4.69, 9.17) is 5.11 Å². The van der Waals surface area contributed by atoms with Gasteiger partial charge >= 0.3 is 0 Å². The first-order valence-electron chi connectivity index (χ1n) is 4.49. The van der Waals surface area contributed by atoms with Crippen molar-refractivity contribution in [3.63, 3.8) is 0 Å². The lowest BCUT2D eigenvalue weighted by Crippen LogP contribution is -1.83. The zero-order valence-electron chi connectivity index (χ0n) is 7.94. The molecule has 0 radical (unpaired) electrons. The molecule has 14 heavy (non-hydrogen) atoms. The van der Waals surface area contributed by atoms with Crippen molar-refractivity contribution in [1.82, 2.24) is 4.98 Å². The quantitative estimate of drug-likeness (QED) is 0.692. The van der Waals surface area contributed by atoms with Crippen LogP contribution in [0.3, 0.4) is 0 Å². The van der Waals surface area contributed by atoms with Crippen LogP contribution in [0, 0.1) is 0 Å². The van der Waals surface area contributed by atoms with Gasteiger partial charge in [-0.2, -0.15) is 0 Å². The summed E-state index contributed by atoms with van der Waals surface area (Å²) in [6, 6.07) is 11.8. The van der Waals surface area contributed by atoms with Gasteiger partial charge in [-0.1, -0.05) is 24.3 Å². The highest BCUT2D eigenvalue weighted by molar-refractivity contribution is 5.79. The summed E-state index contributed by atoms with van der Waals surface area (Å²) < 4.78 is 0. The SMILES string of the molecule is C/C(O)=C\c1ccc2ccccc2n1. The number of pyridine rings is 1. The van der Waals surface area contributed by atoms with Crippen molar-refractivity contribution in [2.24, 2.45) is 0 Å². The molecule has 1 heterocycles. The van der Waals surface area contributed by atoms with Crippen molar-refractivity contribution in [1.29, 1.82) is 0 Å². The van der Waals surface area contributed by atoms with E-state index in [1.807, 2.05) is 36.4 Å². The van der Waals surface area contributed by atoms with E-state index >= 15 is 0 Å². The van der Waals surface area contributed by atoms with Gasteiger partial charge in [0.2, 0.25) is 0 Å². The number of hydrogen-bond acceptors (Lipinski definition) is 2. The number of rotatable bonds is 1. The molecule has 0 atom stereocenters. The molecule has 0 amide bonds. The summed E-state index contributed by atoms with van der Waals surface area (Å²) in [5.41, 5.74) is 1.73. The number of benzene rings is 1. The van der Waals surface area contributed by atoms with Gasteiger partial charge in [0.15, 0.2) is 0 Å². The highest BCUT2D eigenvalue weighted by atomic mass is 16.3. The molecule has 0 saturated carbocycles. The van der Waals surface area contributed by atoms with Crippen molar-refractivity contribution in [3.8, 4) is 0 Å². The van der Waals surface area contributed by atoms with E-state index in [0.717, 1.165) is 16.6 Å². The third-order valence-electron chi connectivity index (χ3n) is 1.98. The van der Waals surface area contributed by atoms with Crippen molar-refractivity contribution in [2.75, 3.05) is 0 Å². The summed E-state index contributed by atoms with van der Waals surface area (Å²) in [5.74, 6) is 0.271. The number of aliphatic hydroxyl groups excluding tert-OH is 1. The van der Waals surface area contributed by atoms with E-state index in [9.17, 15) is 0 Å². The number of hydrogen-bond donors (Lipinski definition) is 1. The topological polar surface area (TPSA) is 33.1 Å². The van der Waals surface area contributed by atoms with Crippen LogP contribution in [0.1, 0.15) is 12.6 Å². The average molecular weight is 185 g/mol. The van der Waals surface area contributed by atoms with Gasteiger partial charge in [0.1, 0.15) is 0 Å². The Morgan fingerprint density at radius 1 is 1.21 bits per heavy atom. The summed E-state index contributed by atoms with van der Waals surface area (Å²) in [7, 11) is 0. The number of para-hydroxylation sites is 1. The highest BCUT2D eigenvalue weighted by Gasteiger charge is 1.94. The normalized spacial score (nSPS) is 11.9. The summed E-state index contributed by atoms with van der Waals surface area (Å²) in [6.45, 7) is 1.64. The number of aromatic nitrogens is 1. The van der Waals surface area contributed by atoms with E-state index in [1.165, 1.54) is 0 Å². The van der Waals surface area contributed by atoms with E-state index in [2.05, 4.69) is 4.98 Å². The van der Waals surface area contributed by atoms with Gasteiger partial charge < -0.3 is 5.11 Å². The van der Waals surface area contributed by atoms with Crippen LogP contribution < -0.4 is 0 Å². The molecule has 1 N–H and O–H groups in total. The Kier molecular flexibility index (Phi) is 2.19. The fraction of sp³-hybridized carbons (Fsp3) is 0.0833. The van der Waals surface area contributed by atoms with Crippen LogP contribution >= 0.6 is 0 Å². The Balaban J connectivity index is 2.57. The lowest BCUT2D eigenvalue weighted by Gasteiger charge is -1.98. The fourth-order valence-corrected chi connectivity index (χ4v) is 1.38. The molecular weight excluding hydrogens is 174 g/mol. The molecule has 0 aliphatic heterocycles. The number of allylic oxidation sites excluding steroid dienone is 1. The molecule has 2 heteroatoms. The maximum absolute atomic E-state index is 9.10. The molecule has 0 fully saturated rings. The van der Waals surface area contributed by atoms with E-state index in [-0.39, 0.29) is 5.76 Å². The molecule has 2 aromatic rings. The van der Waals surface area contributed by atoms with Crippen LogP contribution in [-0.4, -0.2) is 10.1 Å². The van der Waals surface area contributed by atoms with Crippen LogP contribution in [0.4, 0.5) is 0 Å². The molecule has 0 bridgehead atoms. The van der Waals surface area contributed by atoms with E-state index < -0.39 is 0 Å². The molecule has 2 nitrogen and oxygen atoms in total. The molecule has 0 aliphatic rings. The first-order valence-corrected chi connectivity index (χ1v) is 4.49. The summed E-state index contributed by atoms with van der Waals surface area (Å²) in [4.78, 5) is 4.38.